The van der Waals surface area contributed by atoms with Crippen molar-refractivity contribution >= 4 is 17.5 Å². The van der Waals surface area contributed by atoms with Gasteiger partial charge in [-0.2, -0.15) is 5.10 Å². The second-order valence-electron chi connectivity index (χ2n) is 7.32. The zero-order valence-electron chi connectivity index (χ0n) is 16.1. The number of aryl methyl sites for hydroxylation is 1. The Bertz CT molecular complexity index is 1330. The Kier molecular flexibility index (Phi) is 4.06. The number of hydrogen-bond donors (Lipinski definition) is 1. The van der Waals surface area contributed by atoms with E-state index in [1.807, 2.05) is 37.4 Å². The molecule has 4 heterocycles. The Labute approximate surface area is 171 Å². The molecule has 0 aliphatic carbocycles. The lowest BCUT2D eigenvalue weighted by atomic mass is 10.1. The SMILES string of the molecule is Cc1cc2c(cn1)CN(C(=O)c1cccc(-c3cnc4cc(C(=O)O)nn4c3)c1)C2. The van der Waals surface area contributed by atoms with Crippen LogP contribution in [0.25, 0.3) is 16.8 Å². The first-order valence-corrected chi connectivity index (χ1v) is 9.41. The molecule has 0 saturated heterocycles. The van der Waals surface area contributed by atoms with Gasteiger partial charge >= 0.3 is 5.97 Å². The third-order valence-electron chi connectivity index (χ3n) is 5.20. The Morgan fingerprint density at radius 3 is 2.67 bits per heavy atom. The summed E-state index contributed by atoms with van der Waals surface area (Å²) in [6.45, 7) is 3.06. The number of aromatic nitrogens is 4. The molecule has 0 fully saturated rings. The van der Waals surface area contributed by atoms with Gasteiger partial charge in [0.25, 0.3) is 5.91 Å². The smallest absolute Gasteiger partial charge is 0.356 e. The fraction of sp³-hybridized carbons (Fsp3) is 0.136. The van der Waals surface area contributed by atoms with Gasteiger partial charge in [0.1, 0.15) is 0 Å². The number of pyridine rings is 1. The predicted octanol–water partition coefficient (Wildman–Crippen LogP) is 2.95. The Hall–Kier alpha value is -4.07. The Balaban J connectivity index is 1.44. The molecule has 0 spiro atoms. The van der Waals surface area contributed by atoms with E-state index in [1.165, 1.54) is 10.6 Å². The van der Waals surface area contributed by atoms with Crippen LogP contribution < -0.4 is 0 Å². The standard InChI is InChI=1S/C22H17N5O3/c1-13-5-16-10-26(11-17(16)8-23-13)21(28)15-4-2-3-14(6-15)18-9-24-20-7-19(22(29)30)25-27(20)12-18/h2-9,12H,10-11H2,1H3,(H,29,30). The minimum absolute atomic E-state index is 0.0491. The highest BCUT2D eigenvalue weighted by Crippen LogP contribution is 2.26. The van der Waals surface area contributed by atoms with Crippen molar-refractivity contribution in [3.05, 3.63) is 83.1 Å². The molecule has 1 aliphatic rings. The Morgan fingerprint density at radius 1 is 1.00 bits per heavy atom. The quantitative estimate of drug-likeness (QED) is 0.568. The number of aromatic carboxylic acids is 1. The molecule has 1 amide bonds. The third kappa shape index (κ3) is 3.08. The van der Waals surface area contributed by atoms with Crippen LogP contribution in [0.5, 0.6) is 0 Å². The molecule has 0 saturated carbocycles. The first kappa shape index (κ1) is 18.0. The summed E-state index contributed by atoms with van der Waals surface area (Å²) in [5.41, 5.74) is 5.65. The fourth-order valence-corrected chi connectivity index (χ4v) is 3.69. The molecular formula is C22H17N5O3. The van der Waals surface area contributed by atoms with Crippen molar-refractivity contribution in [2.24, 2.45) is 0 Å². The van der Waals surface area contributed by atoms with E-state index in [0.29, 0.717) is 24.3 Å². The molecule has 0 bridgehead atoms. The van der Waals surface area contributed by atoms with E-state index in [0.717, 1.165) is 27.9 Å². The summed E-state index contributed by atoms with van der Waals surface area (Å²) >= 11 is 0. The van der Waals surface area contributed by atoms with Crippen LogP contribution in [0.4, 0.5) is 0 Å². The van der Waals surface area contributed by atoms with E-state index in [4.69, 9.17) is 5.11 Å². The summed E-state index contributed by atoms with van der Waals surface area (Å²) in [4.78, 5) is 34.6. The topological polar surface area (TPSA) is 101 Å². The van der Waals surface area contributed by atoms with Crippen molar-refractivity contribution in [2.75, 3.05) is 0 Å². The zero-order chi connectivity index (χ0) is 20.8. The van der Waals surface area contributed by atoms with E-state index >= 15 is 0 Å². The highest BCUT2D eigenvalue weighted by atomic mass is 16.4. The number of carboxylic acids is 1. The molecule has 0 radical (unpaired) electrons. The molecule has 8 heteroatoms. The average Bonchev–Trinajstić information content (AvgIpc) is 3.36. The van der Waals surface area contributed by atoms with Gasteiger partial charge in [-0.1, -0.05) is 12.1 Å². The second-order valence-corrected chi connectivity index (χ2v) is 7.32. The lowest BCUT2D eigenvalue weighted by Gasteiger charge is -2.16. The van der Waals surface area contributed by atoms with Crippen LogP contribution in [-0.2, 0) is 13.1 Å². The van der Waals surface area contributed by atoms with E-state index in [2.05, 4.69) is 15.1 Å². The van der Waals surface area contributed by atoms with Crippen molar-refractivity contribution in [3.8, 4) is 11.1 Å². The van der Waals surface area contributed by atoms with Crippen molar-refractivity contribution in [1.29, 1.82) is 0 Å². The van der Waals surface area contributed by atoms with Gasteiger partial charge in [-0.05, 0) is 41.8 Å². The zero-order valence-corrected chi connectivity index (χ0v) is 16.1. The highest BCUT2D eigenvalue weighted by molar-refractivity contribution is 5.95. The molecule has 1 aliphatic heterocycles. The number of hydrogen-bond acceptors (Lipinski definition) is 5. The second kappa shape index (κ2) is 6.77. The van der Waals surface area contributed by atoms with Crippen molar-refractivity contribution in [3.63, 3.8) is 0 Å². The van der Waals surface area contributed by atoms with Gasteiger partial charge in [0, 0.05) is 54.6 Å². The van der Waals surface area contributed by atoms with E-state index in [9.17, 15) is 9.59 Å². The molecule has 4 aromatic rings. The minimum Gasteiger partial charge on any atom is -0.476 e. The number of rotatable bonds is 3. The number of nitrogens with zero attached hydrogens (tertiary/aromatic N) is 5. The van der Waals surface area contributed by atoms with Crippen LogP contribution in [0.1, 0.15) is 37.7 Å². The van der Waals surface area contributed by atoms with Gasteiger partial charge < -0.3 is 10.0 Å². The number of benzene rings is 1. The van der Waals surface area contributed by atoms with Crippen molar-refractivity contribution < 1.29 is 14.7 Å². The van der Waals surface area contributed by atoms with Crippen LogP contribution >= 0.6 is 0 Å². The predicted molar refractivity (Wildman–Crippen MR) is 108 cm³/mol. The van der Waals surface area contributed by atoms with E-state index < -0.39 is 5.97 Å². The van der Waals surface area contributed by atoms with Gasteiger partial charge in [-0.15, -0.1) is 0 Å². The van der Waals surface area contributed by atoms with Gasteiger partial charge in [0.2, 0.25) is 0 Å². The first-order chi connectivity index (χ1) is 14.5. The van der Waals surface area contributed by atoms with Crippen LogP contribution in [0.3, 0.4) is 0 Å². The van der Waals surface area contributed by atoms with Gasteiger partial charge in [0.15, 0.2) is 11.3 Å². The lowest BCUT2D eigenvalue weighted by Crippen LogP contribution is -2.25. The monoisotopic (exact) mass is 399 g/mol. The van der Waals surface area contributed by atoms with Crippen molar-refractivity contribution in [1.82, 2.24) is 24.5 Å². The van der Waals surface area contributed by atoms with Gasteiger partial charge in [-0.25, -0.2) is 14.3 Å². The van der Waals surface area contributed by atoms with E-state index in [1.54, 1.807) is 23.4 Å². The van der Waals surface area contributed by atoms with Crippen molar-refractivity contribution in [2.45, 2.75) is 20.0 Å². The molecule has 8 nitrogen and oxygen atoms in total. The molecule has 0 unspecified atom stereocenters. The van der Waals surface area contributed by atoms with Crippen LogP contribution in [0, 0.1) is 6.92 Å². The van der Waals surface area contributed by atoms with Gasteiger partial charge in [0.05, 0.1) is 0 Å². The molecule has 1 N–H and O–H groups in total. The fourth-order valence-electron chi connectivity index (χ4n) is 3.69. The summed E-state index contributed by atoms with van der Waals surface area (Å²) in [7, 11) is 0. The molecule has 30 heavy (non-hydrogen) atoms. The molecule has 5 rings (SSSR count). The number of carbonyl (C=O) groups excluding carboxylic acids is 1. The molecule has 3 aromatic heterocycles. The molecule has 0 atom stereocenters. The van der Waals surface area contributed by atoms with Crippen LogP contribution in [0.2, 0.25) is 0 Å². The highest BCUT2D eigenvalue weighted by Gasteiger charge is 2.25. The normalized spacial score (nSPS) is 12.9. The third-order valence-corrected chi connectivity index (χ3v) is 5.20. The average molecular weight is 399 g/mol. The number of amides is 1. The largest absolute Gasteiger partial charge is 0.476 e. The maximum absolute atomic E-state index is 13.1. The number of fused-ring (bicyclic) bond motifs is 2. The molecule has 1 aromatic carbocycles. The van der Waals surface area contributed by atoms with E-state index in [-0.39, 0.29) is 11.6 Å². The van der Waals surface area contributed by atoms with Crippen LogP contribution in [-0.4, -0.2) is 41.5 Å². The van der Waals surface area contributed by atoms with Gasteiger partial charge in [-0.3, -0.25) is 9.78 Å². The minimum atomic E-state index is -1.10. The number of carbonyl (C=O) groups is 2. The summed E-state index contributed by atoms with van der Waals surface area (Å²) in [6, 6.07) is 10.8. The number of carboxylic acid groups (broad SMARTS) is 1. The van der Waals surface area contributed by atoms with Crippen LogP contribution in [0.15, 0.2) is 55.0 Å². The summed E-state index contributed by atoms with van der Waals surface area (Å²) in [5.74, 6) is -1.15. The Morgan fingerprint density at radius 2 is 1.83 bits per heavy atom. The first-order valence-electron chi connectivity index (χ1n) is 9.41. The lowest BCUT2D eigenvalue weighted by molar-refractivity contribution is 0.0689. The maximum Gasteiger partial charge on any atom is 0.356 e. The maximum atomic E-state index is 13.1. The summed E-state index contributed by atoms with van der Waals surface area (Å²) < 4.78 is 1.43. The summed E-state index contributed by atoms with van der Waals surface area (Å²) in [5, 5.41) is 13.1. The summed E-state index contributed by atoms with van der Waals surface area (Å²) in [6.07, 6.45) is 5.19. The molecule has 148 valence electrons. The molecular weight excluding hydrogens is 382 g/mol.